The summed E-state index contributed by atoms with van der Waals surface area (Å²) >= 11 is 0. The second-order valence-corrected chi connectivity index (χ2v) is 3.63. The van der Waals surface area contributed by atoms with Crippen LogP contribution in [0, 0.1) is 5.82 Å². The van der Waals surface area contributed by atoms with Crippen molar-refractivity contribution in [1.29, 1.82) is 0 Å². The van der Waals surface area contributed by atoms with Crippen LogP contribution in [0.15, 0.2) is 18.2 Å². The van der Waals surface area contributed by atoms with Crippen LogP contribution < -0.4 is 10.5 Å². The van der Waals surface area contributed by atoms with Crippen LogP contribution in [0.3, 0.4) is 0 Å². The summed E-state index contributed by atoms with van der Waals surface area (Å²) in [5.41, 5.74) is 6.18. The zero-order valence-electron chi connectivity index (χ0n) is 9.63. The van der Waals surface area contributed by atoms with Crippen LogP contribution in [0.4, 0.5) is 17.6 Å². The van der Waals surface area contributed by atoms with E-state index in [0.29, 0.717) is 12.0 Å². The second kappa shape index (κ2) is 6.80. The molecule has 2 N–H and O–H groups in total. The van der Waals surface area contributed by atoms with Crippen LogP contribution in [0.25, 0.3) is 0 Å². The molecule has 1 aromatic rings. The van der Waals surface area contributed by atoms with Crippen LogP contribution in [0.5, 0.6) is 5.75 Å². The van der Waals surface area contributed by atoms with Gasteiger partial charge in [-0.2, -0.15) is 0 Å². The highest BCUT2D eigenvalue weighted by Gasteiger charge is 2.32. The molecule has 0 aromatic heterocycles. The molecule has 0 aliphatic heterocycles. The summed E-state index contributed by atoms with van der Waals surface area (Å²) in [5.74, 6) is -1.91. The Bertz CT molecular complexity index is 384. The summed E-state index contributed by atoms with van der Waals surface area (Å²) < 4.78 is 52.5. The molecule has 1 aromatic carbocycles. The summed E-state index contributed by atoms with van der Waals surface area (Å²) in [6.07, 6.45) is -3.45. The fraction of sp³-hybridized carbons (Fsp3) is 0.455. The Kier molecular flexibility index (Phi) is 6.42. The summed E-state index contributed by atoms with van der Waals surface area (Å²) in [4.78, 5) is 0. The predicted molar refractivity (Wildman–Crippen MR) is 62.2 cm³/mol. The standard InChI is InChI=1S/C11H13F4NO.ClH/c1-2-3-9(16)7-4-5-10(8(12)6-7)17-11(13,14)15;/h4-6,9H,2-3,16H2,1H3;1H/t9-;/m0./s1. The average Bonchev–Trinajstić information content (AvgIpc) is 2.19. The molecule has 7 heteroatoms. The van der Waals surface area contributed by atoms with Crippen molar-refractivity contribution in [2.24, 2.45) is 5.73 Å². The van der Waals surface area contributed by atoms with Crippen molar-refractivity contribution >= 4 is 12.4 Å². The topological polar surface area (TPSA) is 35.2 Å². The van der Waals surface area contributed by atoms with Crippen molar-refractivity contribution in [2.75, 3.05) is 0 Å². The van der Waals surface area contributed by atoms with Crippen LogP contribution >= 0.6 is 12.4 Å². The van der Waals surface area contributed by atoms with Gasteiger partial charge in [-0.15, -0.1) is 25.6 Å². The zero-order chi connectivity index (χ0) is 13.1. The smallest absolute Gasteiger partial charge is 0.403 e. The molecule has 0 heterocycles. The first-order chi connectivity index (χ1) is 7.83. The summed E-state index contributed by atoms with van der Waals surface area (Å²) in [6, 6.07) is 2.87. The molecule has 0 fully saturated rings. The van der Waals surface area contributed by atoms with E-state index in [1.54, 1.807) is 0 Å². The van der Waals surface area contributed by atoms with Gasteiger partial charge in [-0.3, -0.25) is 0 Å². The molecule has 0 aliphatic carbocycles. The Balaban J connectivity index is 0.00000289. The number of hydrogen-bond acceptors (Lipinski definition) is 2. The Morgan fingerprint density at radius 3 is 2.39 bits per heavy atom. The van der Waals surface area contributed by atoms with Crippen molar-refractivity contribution in [3.8, 4) is 5.75 Å². The predicted octanol–water partition coefficient (Wildman–Crippen LogP) is 3.95. The van der Waals surface area contributed by atoms with Crippen LogP contribution in [-0.4, -0.2) is 6.36 Å². The zero-order valence-corrected chi connectivity index (χ0v) is 10.4. The van der Waals surface area contributed by atoms with E-state index in [-0.39, 0.29) is 18.4 Å². The third-order valence-electron chi connectivity index (χ3n) is 2.21. The van der Waals surface area contributed by atoms with Gasteiger partial charge in [-0.05, 0) is 24.1 Å². The van der Waals surface area contributed by atoms with E-state index < -0.39 is 17.9 Å². The van der Waals surface area contributed by atoms with Crippen molar-refractivity contribution < 1.29 is 22.3 Å². The summed E-state index contributed by atoms with van der Waals surface area (Å²) in [5, 5.41) is 0. The van der Waals surface area contributed by atoms with Gasteiger partial charge in [0.2, 0.25) is 0 Å². The normalized spacial score (nSPS) is 12.8. The van der Waals surface area contributed by atoms with Gasteiger partial charge in [0.05, 0.1) is 0 Å². The van der Waals surface area contributed by atoms with E-state index >= 15 is 0 Å². The lowest BCUT2D eigenvalue weighted by atomic mass is 10.0. The van der Waals surface area contributed by atoms with Crippen molar-refractivity contribution in [1.82, 2.24) is 0 Å². The number of halogens is 5. The molecule has 104 valence electrons. The number of hydrogen-bond donors (Lipinski definition) is 1. The van der Waals surface area contributed by atoms with E-state index in [1.807, 2.05) is 6.92 Å². The monoisotopic (exact) mass is 287 g/mol. The van der Waals surface area contributed by atoms with Crippen LogP contribution in [0.2, 0.25) is 0 Å². The van der Waals surface area contributed by atoms with Gasteiger partial charge in [0, 0.05) is 6.04 Å². The Hall–Kier alpha value is -1.01. The van der Waals surface area contributed by atoms with Gasteiger partial charge in [0.15, 0.2) is 11.6 Å². The maximum atomic E-state index is 13.3. The third-order valence-corrected chi connectivity index (χ3v) is 2.21. The molecule has 0 saturated carbocycles. The van der Waals surface area contributed by atoms with Gasteiger partial charge in [-0.25, -0.2) is 4.39 Å². The van der Waals surface area contributed by atoms with Gasteiger partial charge in [0.25, 0.3) is 0 Å². The molecular formula is C11H14ClF4NO. The van der Waals surface area contributed by atoms with Crippen LogP contribution in [0.1, 0.15) is 31.4 Å². The lowest BCUT2D eigenvalue weighted by molar-refractivity contribution is -0.275. The number of nitrogens with two attached hydrogens (primary N) is 1. The molecule has 1 rings (SSSR count). The molecule has 0 aliphatic rings. The van der Waals surface area contributed by atoms with Crippen molar-refractivity contribution in [3.63, 3.8) is 0 Å². The first kappa shape index (κ1) is 17.0. The summed E-state index contributed by atoms with van der Waals surface area (Å²) in [6.45, 7) is 1.91. The maximum absolute atomic E-state index is 13.3. The molecule has 2 nitrogen and oxygen atoms in total. The number of rotatable bonds is 4. The molecule has 0 spiro atoms. The first-order valence-corrected chi connectivity index (χ1v) is 5.14. The minimum atomic E-state index is -4.89. The van der Waals surface area contributed by atoms with E-state index in [9.17, 15) is 17.6 Å². The first-order valence-electron chi connectivity index (χ1n) is 5.14. The lowest BCUT2D eigenvalue weighted by Crippen LogP contribution is -2.18. The second-order valence-electron chi connectivity index (χ2n) is 3.63. The molecular weight excluding hydrogens is 274 g/mol. The fourth-order valence-electron chi connectivity index (χ4n) is 1.43. The molecule has 18 heavy (non-hydrogen) atoms. The van der Waals surface area contributed by atoms with E-state index in [0.717, 1.165) is 18.6 Å². The largest absolute Gasteiger partial charge is 0.573 e. The number of benzene rings is 1. The molecule has 1 atom stereocenters. The van der Waals surface area contributed by atoms with Crippen molar-refractivity contribution in [3.05, 3.63) is 29.6 Å². The Morgan fingerprint density at radius 2 is 1.94 bits per heavy atom. The van der Waals surface area contributed by atoms with E-state index in [2.05, 4.69) is 4.74 Å². The molecule has 0 radical (unpaired) electrons. The third kappa shape index (κ3) is 5.10. The molecule has 0 amide bonds. The highest BCUT2D eigenvalue weighted by Crippen LogP contribution is 2.28. The highest BCUT2D eigenvalue weighted by molar-refractivity contribution is 5.85. The molecule has 0 saturated heterocycles. The SMILES string of the molecule is CCC[C@H](N)c1ccc(OC(F)(F)F)c(F)c1.Cl. The van der Waals surface area contributed by atoms with Gasteiger partial charge in [-0.1, -0.05) is 19.4 Å². The van der Waals surface area contributed by atoms with Gasteiger partial charge < -0.3 is 10.5 Å². The maximum Gasteiger partial charge on any atom is 0.573 e. The number of ether oxygens (including phenoxy) is 1. The average molecular weight is 288 g/mol. The molecule has 0 unspecified atom stereocenters. The Labute approximate surface area is 109 Å². The van der Waals surface area contributed by atoms with Gasteiger partial charge in [0.1, 0.15) is 0 Å². The van der Waals surface area contributed by atoms with E-state index in [1.165, 1.54) is 6.07 Å². The fourth-order valence-corrected chi connectivity index (χ4v) is 1.43. The lowest BCUT2D eigenvalue weighted by Gasteiger charge is -2.13. The number of alkyl halides is 3. The van der Waals surface area contributed by atoms with E-state index in [4.69, 9.17) is 5.73 Å². The van der Waals surface area contributed by atoms with Gasteiger partial charge >= 0.3 is 6.36 Å². The highest BCUT2D eigenvalue weighted by atomic mass is 35.5. The minimum Gasteiger partial charge on any atom is -0.403 e. The Morgan fingerprint density at radius 1 is 1.33 bits per heavy atom. The quantitative estimate of drug-likeness (QED) is 0.851. The van der Waals surface area contributed by atoms with Crippen molar-refractivity contribution in [2.45, 2.75) is 32.2 Å². The van der Waals surface area contributed by atoms with Crippen LogP contribution in [-0.2, 0) is 0 Å². The molecule has 0 bridgehead atoms. The summed E-state index contributed by atoms with van der Waals surface area (Å²) in [7, 11) is 0. The minimum absolute atomic E-state index is 0.